The topological polar surface area (TPSA) is 131 Å². The van der Waals surface area contributed by atoms with Crippen molar-refractivity contribution in [2.45, 2.75) is 5.75 Å². The zero-order valence-corrected chi connectivity index (χ0v) is 14.9. The van der Waals surface area contributed by atoms with Gasteiger partial charge in [0.05, 0.1) is 5.56 Å². The molecule has 0 aliphatic carbocycles. The molecular formula is C19H16N2O5S. The van der Waals surface area contributed by atoms with E-state index in [1.165, 1.54) is 24.3 Å². The molecule has 3 aromatic carbocycles. The van der Waals surface area contributed by atoms with E-state index in [4.69, 9.17) is 20.4 Å². The summed E-state index contributed by atoms with van der Waals surface area (Å²) in [6, 6.07) is 15.5. The standard InChI is InChI=1S/C19H16N2O5S/c20-18(21)16-4-3-14-9-12(1-2-15(14)10-16)11-27(24,25)26-17-7-5-13(6-8-17)19(22)23/h1-10H,11H2,(H3,20,21)(H,22,23). The highest BCUT2D eigenvalue weighted by Crippen LogP contribution is 2.21. The van der Waals surface area contributed by atoms with E-state index in [1.807, 2.05) is 0 Å². The van der Waals surface area contributed by atoms with Gasteiger partial charge in [-0.1, -0.05) is 30.3 Å². The maximum absolute atomic E-state index is 12.3. The van der Waals surface area contributed by atoms with Gasteiger partial charge in [-0.3, -0.25) is 5.41 Å². The first kappa shape index (κ1) is 18.4. The highest BCUT2D eigenvalue weighted by Gasteiger charge is 2.15. The lowest BCUT2D eigenvalue weighted by Crippen LogP contribution is -2.12. The number of hydrogen-bond acceptors (Lipinski definition) is 5. The third kappa shape index (κ3) is 4.42. The van der Waals surface area contributed by atoms with Crippen molar-refractivity contribution in [1.82, 2.24) is 0 Å². The second-order valence-corrected chi connectivity index (χ2v) is 7.50. The number of hydrogen-bond donors (Lipinski definition) is 3. The Morgan fingerprint density at radius 1 is 0.963 bits per heavy atom. The van der Waals surface area contributed by atoms with Crippen LogP contribution in [-0.2, 0) is 15.9 Å². The Balaban J connectivity index is 1.79. The Bertz CT molecular complexity index is 1140. The fourth-order valence-corrected chi connectivity index (χ4v) is 3.64. The summed E-state index contributed by atoms with van der Waals surface area (Å²) in [4.78, 5) is 10.8. The normalized spacial score (nSPS) is 11.3. The number of amidine groups is 1. The second-order valence-electron chi connectivity index (χ2n) is 5.92. The van der Waals surface area contributed by atoms with Crippen molar-refractivity contribution in [2.24, 2.45) is 5.73 Å². The second kappa shape index (κ2) is 7.08. The third-order valence-corrected chi connectivity index (χ3v) is 5.02. The van der Waals surface area contributed by atoms with Crippen LogP contribution in [0.5, 0.6) is 5.75 Å². The molecule has 0 unspecified atom stereocenters. The SMILES string of the molecule is N=C(N)c1ccc2cc(CS(=O)(=O)Oc3ccc(C(=O)O)cc3)ccc2c1. The smallest absolute Gasteiger partial charge is 0.335 e. The Morgan fingerprint density at radius 2 is 1.56 bits per heavy atom. The molecule has 0 aliphatic heterocycles. The van der Waals surface area contributed by atoms with Crippen molar-refractivity contribution in [2.75, 3.05) is 0 Å². The average Bonchev–Trinajstić information content (AvgIpc) is 2.60. The lowest BCUT2D eigenvalue weighted by atomic mass is 10.0. The maximum Gasteiger partial charge on any atom is 0.335 e. The lowest BCUT2D eigenvalue weighted by molar-refractivity contribution is 0.0697. The van der Waals surface area contributed by atoms with Crippen molar-refractivity contribution in [3.63, 3.8) is 0 Å². The minimum Gasteiger partial charge on any atom is -0.478 e. The number of nitrogens with one attached hydrogen (secondary N) is 1. The summed E-state index contributed by atoms with van der Waals surface area (Å²) in [7, 11) is -3.91. The van der Waals surface area contributed by atoms with Crippen LogP contribution in [0.2, 0.25) is 0 Å². The molecule has 0 saturated carbocycles. The Morgan fingerprint density at radius 3 is 2.19 bits per heavy atom. The molecule has 8 heteroatoms. The Kier molecular flexibility index (Phi) is 4.83. The fourth-order valence-electron chi connectivity index (χ4n) is 2.59. The minimum atomic E-state index is -3.91. The van der Waals surface area contributed by atoms with Crippen molar-refractivity contribution in [1.29, 1.82) is 5.41 Å². The van der Waals surface area contributed by atoms with E-state index in [0.717, 1.165) is 10.8 Å². The molecule has 0 aliphatic rings. The summed E-state index contributed by atoms with van der Waals surface area (Å²) in [6.07, 6.45) is 0. The van der Waals surface area contributed by atoms with Gasteiger partial charge >= 0.3 is 16.1 Å². The molecule has 3 aromatic rings. The van der Waals surface area contributed by atoms with Crippen LogP contribution in [0.4, 0.5) is 0 Å². The summed E-state index contributed by atoms with van der Waals surface area (Å²) in [5, 5.41) is 18.0. The number of carboxylic acids is 1. The van der Waals surface area contributed by atoms with E-state index < -0.39 is 16.1 Å². The molecule has 0 aromatic heterocycles. The number of nitrogen functional groups attached to an aromatic ring is 1. The molecule has 0 fully saturated rings. The molecule has 7 nitrogen and oxygen atoms in total. The van der Waals surface area contributed by atoms with Gasteiger partial charge in [-0.2, -0.15) is 8.42 Å². The van der Waals surface area contributed by atoms with Crippen LogP contribution in [0, 0.1) is 5.41 Å². The van der Waals surface area contributed by atoms with Crippen LogP contribution in [-0.4, -0.2) is 25.3 Å². The molecule has 0 radical (unpaired) electrons. The number of carboxylic acid groups (broad SMARTS) is 1. The van der Waals surface area contributed by atoms with Gasteiger partial charge in [0.2, 0.25) is 0 Å². The van der Waals surface area contributed by atoms with Crippen LogP contribution in [0.25, 0.3) is 10.8 Å². The number of nitrogens with two attached hydrogens (primary N) is 1. The molecule has 0 atom stereocenters. The van der Waals surface area contributed by atoms with Crippen molar-refractivity contribution in [3.05, 3.63) is 77.4 Å². The number of benzene rings is 3. The molecule has 0 saturated heterocycles. The largest absolute Gasteiger partial charge is 0.478 e. The highest BCUT2D eigenvalue weighted by atomic mass is 32.2. The minimum absolute atomic E-state index is 0.0362. The zero-order chi connectivity index (χ0) is 19.6. The van der Waals surface area contributed by atoms with Gasteiger partial charge in [-0.25, -0.2) is 4.79 Å². The van der Waals surface area contributed by atoms with Gasteiger partial charge in [0.15, 0.2) is 0 Å². The number of carbonyl (C=O) groups is 1. The van der Waals surface area contributed by atoms with Crippen LogP contribution in [0.1, 0.15) is 21.5 Å². The molecule has 4 N–H and O–H groups in total. The predicted octanol–water partition coefficient (Wildman–Crippen LogP) is 2.73. The van der Waals surface area contributed by atoms with E-state index in [9.17, 15) is 13.2 Å². The summed E-state index contributed by atoms with van der Waals surface area (Å²) in [6.45, 7) is 0. The summed E-state index contributed by atoms with van der Waals surface area (Å²) >= 11 is 0. The van der Waals surface area contributed by atoms with Gasteiger partial charge in [-0.15, -0.1) is 0 Å². The van der Waals surface area contributed by atoms with Crippen molar-refractivity contribution in [3.8, 4) is 5.75 Å². The summed E-state index contributed by atoms with van der Waals surface area (Å²) < 4.78 is 29.6. The summed E-state index contributed by atoms with van der Waals surface area (Å²) in [5.74, 6) is -1.43. The molecule has 0 spiro atoms. The van der Waals surface area contributed by atoms with E-state index in [1.54, 1.807) is 36.4 Å². The zero-order valence-electron chi connectivity index (χ0n) is 14.0. The lowest BCUT2D eigenvalue weighted by Gasteiger charge is -2.09. The van der Waals surface area contributed by atoms with Gasteiger partial charge in [0, 0.05) is 5.56 Å². The molecule has 0 heterocycles. The van der Waals surface area contributed by atoms with Gasteiger partial charge < -0.3 is 15.0 Å². The first-order valence-corrected chi connectivity index (χ1v) is 9.44. The molecular weight excluding hydrogens is 368 g/mol. The van der Waals surface area contributed by atoms with E-state index >= 15 is 0 Å². The predicted molar refractivity (Wildman–Crippen MR) is 102 cm³/mol. The first-order valence-electron chi connectivity index (χ1n) is 7.86. The van der Waals surface area contributed by atoms with Gasteiger partial charge in [-0.05, 0) is 46.7 Å². The van der Waals surface area contributed by atoms with E-state index in [-0.39, 0.29) is 22.9 Å². The number of fused-ring (bicyclic) bond motifs is 1. The van der Waals surface area contributed by atoms with Crippen LogP contribution >= 0.6 is 0 Å². The quantitative estimate of drug-likeness (QED) is 0.340. The Hall–Kier alpha value is -3.39. The molecule has 3 rings (SSSR count). The highest BCUT2D eigenvalue weighted by molar-refractivity contribution is 7.86. The molecule has 0 bridgehead atoms. The Labute approximate surface area is 155 Å². The first-order chi connectivity index (χ1) is 12.7. The summed E-state index contributed by atoms with van der Waals surface area (Å²) in [5.41, 5.74) is 6.65. The number of aromatic carboxylic acids is 1. The monoisotopic (exact) mass is 384 g/mol. The molecule has 0 amide bonds. The molecule has 27 heavy (non-hydrogen) atoms. The van der Waals surface area contributed by atoms with Gasteiger partial charge in [0.25, 0.3) is 0 Å². The van der Waals surface area contributed by atoms with Crippen LogP contribution in [0.15, 0.2) is 60.7 Å². The average molecular weight is 384 g/mol. The maximum atomic E-state index is 12.3. The van der Waals surface area contributed by atoms with E-state index in [2.05, 4.69) is 0 Å². The fraction of sp³-hybridized carbons (Fsp3) is 0.0526. The van der Waals surface area contributed by atoms with Crippen LogP contribution < -0.4 is 9.92 Å². The van der Waals surface area contributed by atoms with Gasteiger partial charge in [0.1, 0.15) is 17.3 Å². The van der Waals surface area contributed by atoms with E-state index in [0.29, 0.717) is 11.1 Å². The van der Waals surface area contributed by atoms with Crippen LogP contribution in [0.3, 0.4) is 0 Å². The third-order valence-electron chi connectivity index (χ3n) is 3.88. The number of rotatable bonds is 6. The van der Waals surface area contributed by atoms with Crippen molar-refractivity contribution < 1.29 is 22.5 Å². The van der Waals surface area contributed by atoms with Crippen molar-refractivity contribution >= 4 is 32.7 Å². The molecule has 138 valence electrons.